The van der Waals surface area contributed by atoms with E-state index in [2.05, 4.69) is 10.7 Å². The first-order chi connectivity index (χ1) is 14.5. The standard InChI is InChI=1S/C24H25NO4S/c1-14(2)29-20-10-7-16(11-21(20)28-4)18-12-22(26)25-23-19(13-30-24(18)23)15-5-8-17(27-3)9-6-15/h5-11,13-14,18H,12H2,1-4H3,(H,25,26)/t18-/m0/s1. The highest BCUT2D eigenvalue weighted by Gasteiger charge is 2.31. The molecular formula is C24H25NO4S. The smallest absolute Gasteiger partial charge is 0.225 e. The minimum absolute atomic E-state index is 0.0159. The van der Waals surface area contributed by atoms with E-state index in [-0.39, 0.29) is 17.9 Å². The Kier molecular flexibility index (Phi) is 5.68. The zero-order chi connectivity index (χ0) is 21.3. The summed E-state index contributed by atoms with van der Waals surface area (Å²) in [5.74, 6) is 2.19. The van der Waals surface area contributed by atoms with Gasteiger partial charge in [0.25, 0.3) is 0 Å². The van der Waals surface area contributed by atoms with Crippen LogP contribution in [0.15, 0.2) is 47.8 Å². The van der Waals surface area contributed by atoms with Crippen molar-refractivity contribution in [3.63, 3.8) is 0 Å². The van der Waals surface area contributed by atoms with E-state index in [0.29, 0.717) is 17.9 Å². The maximum atomic E-state index is 12.6. The van der Waals surface area contributed by atoms with Crippen LogP contribution in [0.3, 0.4) is 0 Å². The van der Waals surface area contributed by atoms with E-state index >= 15 is 0 Å². The first kappa shape index (κ1) is 20.3. The molecule has 0 bridgehead atoms. The molecule has 3 aromatic rings. The Bertz CT molecular complexity index is 1060. The van der Waals surface area contributed by atoms with Gasteiger partial charge in [0.1, 0.15) is 5.75 Å². The van der Waals surface area contributed by atoms with Crippen molar-refractivity contribution in [1.29, 1.82) is 0 Å². The van der Waals surface area contributed by atoms with Crippen molar-refractivity contribution >= 4 is 22.9 Å². The van der Waals surface area contributed by atoms with Crippen molar-refractivity contribution in [3.05, 3.63) is 58.3 Å². The Balaban J connectivity index is 1.72. The van der Waals surface area contributed by atoms with Gasteiger partial charge in [0.15, 0.2) is 11.5 Å². The summed E-state index contributed by atoms with van der Waals surface area (Å²) in [6, 6.07) is 13.8. The molecule has 1 atom stereocenters. The van der Waals surface area contributed by atoms with Gasteiger partial charge in [-0.3, -0.25) is 4.79 Å². The third-order valence-electron chi connectivity index (χ3n) is 5.14. The molecule has 6 heteroatoms. The number of hydrogen-bond acceptors (Lipinski definition) is 5. The van der Waals surface area contributed by atoms with E-state index < -0.39 is 0 Å². The van der Waals surface area contributed by atoms with Gasteiger partial charge < -0.3 is 19.5 Å². The number of anilines is 1. The molecule has 0 saturated heterocycles. The molecule has 0 unspecified atom stereocenters. The number of thiophene rings is 1. The number of ether oxygens (including phenoxy) is 3. The molecule has 1 aliphatic rings. The zero-order valence-electron chi connectivity index (χ0n) is 17.5. The lowest BCUT2D eigenvalue weighted by molar-refractivity contribution is -0.116. The Hall–Kier alpha value is -2.99. The van der Waals surface area contributed by atoms with Gasteiger partial charge in [-0.15, -0.1) is 11.3 Å². The summed E-state index contributed by atoms with van der Waals surface area (Å²) in [6.45, 7) is 3.97. The molecule has 4 rings (SSSR count). The van der Waals surface area contributed by atoms with Gasteiger partial charge in [-0.1, -0.05) is 18.2 Å². The SMILES string of the molecule is COc1ccc(-c2csc3c2NC(=O)C[C@H]3c2ccc(OC(C)C)c(OC)c2)cc1. The summed E-state index contributed by atoms with van der Waals surface area (Å²) in [7, 11) is 3.29. The average molecular weight is 424 g/mol. The van der Waals surface area contributed by atoms with E-state index in [4.69, 9.17) is 14.2 Å². The van der Waals surface area contributed by atoms with Crippen LogP contribution in [0.1, 0.15) is 36.6 Å². The third kappa shape index (κ3) is 3.87. The van der Waals surface area contributed by atoms with Crippen LogP contribution < -0.4 is 19.5 Å². The molecule has 0 spiro atoms. The van der Waals surface area contributed by atoms with Crippen LogP contribution in [0.5, 0.6) is 17.2 Å². The van der Waals surface area contributed by atoms with Gasteiger partial charge in [0.05, 0.1) is 26.0 Å². The molecule has 1 aliphatic heterocycles. The highest BCUT2D eigenvalue weighted by atomic mass is 32.1. The first-order valence-corrected chi connectivity index (χ1v) is 10.8. The van der Waals surface area contributed by atoms with Crippen LogP contribution in [0.4, 0.5) is 5.69 Å². The van der Waals surface area contributed by atoms with Crippen molar-refractivity contribution in [2.75, 3.05) is 19.5 Å². The second-order valence-electron chi connectivity index (χ2n) is 7.50. The summed E-state index contributed by atoms with van der Waals surface area (Å²) in [5, 5.41) is 5.20. The van der Waals surface area contributed by atoms with Crippen LogP contribution in [0.2, 0.25) is 0 Å². The zero-order valence-corrected chi connectivity index (χ0v) is 18.3. The quantitative estimate of drug-likeness (QED) is 0.553. The number of fused-ring (bicyclic) bond motifs is 1. The van der Waals surface area contributed by atoms with Crippen LogP contribution >= 0.6 is 11.3 Å². The van der Waals surface area contributed by atoms with Gasteiger partial charge >= 0.3 is 0 Å². The number of amides is 1. The number of methoxy groups -OCH3 is 2. The first-order valence-electron chi connectivity index (χ1n) is 9.90. The molecule has 0 radical (unpaired) electrons. The Labute approximate surface area is 180 Å². The summed E-state index contributed by atoms with van der Waals surface area (Å²) < 4.78 is 16.7. The topological polar surface area (TPSA) is 56.8 Å². The summed E-state index contributed by atoms with van der Waals surface area (Å²) in [5.41, 5.74) is 4.02. The molecule has 156 valence electrons. The van der Waals surface area contributed by atoms with E-state index in [1.807, 2.05) is 56.3 Å². The molecular weight excluding hydrogens is 398 g/mol. The predicted octanol–water partition coefficient (Wildman–Crippen LogP) is 5.69. The van der Waals surface area contributed by atoms with Gasteiger partial charge in [0, 0.05) is 28.2 Å². The predicted molar refractivity (Wildman–Crippen MR) is 120 cm³/mol. The monoisotopic (exact) mass is 423 g/mol. The van der Waals surface area contributed by atoms with E-state index in [9.17, 15) is 4.79 Å². The number of carbonyl (C=O) groups is 1. The fraction of sp³-hybridized carbons (Fsp3) is 0.292. The lowest BCUT2D eigenvalue weighted by Gasteiger charge is -2.25. The Morgan fingerprint density at radius 2 is 1.80 bits per heavy atom. The number of hydrogen-bond donors (Lipinski definition) is 1. The lowest BCUT2D eigenvalue weighted by Crippen LogP contribution is -2.22. The minimum atomic E-state index is -0.0206. The molecule has 30 heavy (non-hydrogen) atoms. The molecule has 0 aliphatic carbocycles. The molecule has 1 aromatic heterocycles. The second-order valence-corrected chi connectivity index (χ2v) is 8.41. The highest BCUT2D eigenvalue weighted by Crippen LogP contribution is 2.47. The summed E-state index contributed by atoms with van der Waals surface area (Å²) in [6.07, 6.45) is 0.462. The van der Waals surface area contributed by atoms with Crippen LogP contribution in [-0.4, -0.2) is 26.2 Å². The van der Waals surface area contributed by atoms with Crippen molar-refractivity contribution in [2.24, 2.45) is 0 Å². The Morgan fingerprint density at radius 3 is 2.47 bits per heavy atom. The number of carbonyl (C=O) groups excluding carboxylic acids is 1. The van der Waals surface area contributed by atoms with Gasteiger partial charge in [0.2, 0.25) is 5.91 Å². The van der Waals surface area contributed by atoms with Crippen LogP contribution in [0.25, 0.3) is 11.1 Å². The molecule has 0 saturated carbocycles. The lowest BCUT2D eigenvalue weighted by atomic mass is 9.89. The number of benzene rings is 2. The number of nitrogens with one attached hydrogen (secondary N) is 1. The van der Waals surface area contributed by atoms with Gasteiger partial charge in [-0.2, -0.15) is 0 Å². The molecule has 0 fully saturated rings. The molecule has 5 nitrogen and oxygen atoms in total. The molecule has 2 heterocycles. The Morgan fingerprint density at radius 1 is 1.03 bits per heavy atom. The fourth-order valence-electron chi connectivity index (χ4n) is 3.73. The van der Waals surface area contributed by atoms with Crippen molar-refractivity contribution < 1.29 is 19.0 Å². The normalized spacial score (nSPS) is 15.5. The number of rotatable bonds is 6. The van der Waals surface area contributed by atoms with Crippen molar-refractivity contribution in [1.82, 2.24) is 0 Å². The van der Waals surface area contributed by atoms with Crippen LogP contribution in [-0.2, 0) is 4.79 Å². The molecule has 1 N–H and O–H groups in total. The fourth-order valence-corrected chi connectivity index (χ4v) is 4.89. The molecule has 2 aromatic carbocycles. The molecule has 1 amide bonds. The van der Waals surface area contributed by atoms with E-state index in [0.717, 1.165) is 33.0 Å². The average Bonchev–Trinajstić information content (AvgIpc) is 3.17. The summed E-state index contributed by atoms with van der Waals surface area (Å²) >= 11 is 1.67. The van der Waals surface area contributed by atoms with Gasteiger partial charge in [-0.25, -0.2) is 0 Å². The largest absolute Gasteiger partial charge is 0.497 e. The van der Waals surface area contributed by atoms with E-state index in [1.165, 1.54) is 0 Å². The van der Waals surface area contributed by atoms with Crippen molar-refractivity contribution in [2.45, 2.75) is 32.3 Å². The van der Waals surface area contributed by atoms with E-state index in [1.54, 1.807) is 25.6 Å². The van der Waals surface area contributed by atoms with Gasteiger partial charge in [-0.05, 0) is 49.2 Å². The maximum Gasteiger partial charge on any atom is 0.225 e. The maximum absolute atomic E-state index is 12.6. The summed E-state index contributed by atoms with van der Waals surface area (Å²) in [4.78, 5) is 13.7. The van der Waals surface area contributed by atoms with Crippen LogP contribution in [0, 0.1) is 0 Å². The third-order valence-corrected chi connectivity index (χ3v) is 6.24. The minimum Gasteiger partial charge on any atom is -0.497 e. The second kappa shape index (κ2) is 8.40. The van der Waals surface area contributed by atoms with Crippen molar-refractivity contribution in [3.8, 4) is 28.4 Å². The highest BCUT2D eigenvalue weighted by molar-refractivity contribution is 7.11.